The number of hydrogen-bond acceptors (Lipinski definition) is 3. The zero-order valence-corrected chi connectivity index (χ0v) is 8.82. The van der Waals surface area contributed by atoms with Crippen LogP contribution < -0.4 is 11.3 Å². The molecule has 0 unspecified atom stereocenters. The van der Waals surface area contributed by atoms with Gasteiger partial charge in [0.1, 0.15) is 0 Å². The van der Waals surface area contributed by atoms with Gasteiger partial charge in [0.25, 0.3) is 0 Å². The van der Waals surface area contributed by atoms with Crippen molar-refractivity contribution in [3.63, 3.8) is 0 Å². The first-order valence-corrected chi connectivity index (χ1v) is 4.92. The largest absolute Gasteiger partial charge is 0.377 e. The summed E-state index contributed by atoms with van der Waals surface area (Å²) in [6.07, 6.45) is 0.291. The number of amides is 1. The molecule has 0 heterocycles. The Hall–Kier alpha value is -1.39. The summed E-state index contributed by atoms with van der Waals surface area (Å²) in [7, 11) is 0. The fourth-order valence-corrected chi connectivity index (χ4v) is 1.31. The summed E-state index contributed by atoms with van der Waals surface area (Å²) < 4.78 is 5.31. The third-order valence-electron chi connectivity index (χ3n) is 2.09. The number of nitrogens with two attached hydrogens (primary N) is 1. The van der Waals surface area contributed by atoms with Crippen molar-refractivity contribution < 1.29 is 9.53 Å². The molecular formula is C11H16N2O2. The molecule has 0 aliphatic heterocycles. The second kappa shape index (κ2) is 6.16. The lowest BCUT2D eigenvalue weighted by molar-refractivity contribution is -0.120. The predicted molar refractivity (Wildman–Crippen MR) is 57.8 cm³/mol. The van der Waals surface area contributed by atoms with Crippen LogP contribution in [-0.4, -0.2) is 12.5 Å². The number of nitrogens with one attached hydrogen (secondary N) is 1. The van der Waals surface area contributed by atoms with Crippen LogP contribution in [0.25, 0.3) is 0 Å². The van der Waals surface area contributed by atoms with Crippen molar-refractivity contribution in [3.8, 4) is 0 Å². The summed E-state index contributed by atoms with van der Waals surface area (Å²) in [5, 5.41) is 0. The summed E-state index contributed by atoms with van der Waals surface area (Å²) in [4.78, 5) is 11.1. The maximum atomic E-state index is 11.1. The van der Waals surface area contributed by atoms with E-state index in [4.69, 9.17) is 10.6 Å². The highest BCUT2D eigenvalue weighted by atomic mass is 16.5. The summed E-state index contributed by atoms with van der Waals surface area (Å²) in [5.41, 5.74) is 4.10. The van der Waals surface area contributed by atoms with Crippen LogP contribution >= 0.6 is 0 Å². The molecule has 4 heteroatoms. The molecule has 0 radical (unpaired) electrons. The van der Waals surface area contributed by atoms with Gasteiger partial charge in [0.15, 0.2) is 0 Å². The van der Waals surface area contributed by atoms with Gasteiger partial charge in [-0.25, -0.2) is 5.84 Å². The summed E-state index contributed by atoms with van der Waals surface area (Å²) in [5.74, 6) is 4.84. The molecule has 3 N–H and O–H groups in total. The van der Waals surface area contributed by atoms with Crippen molar-refractivity contribution in [1.29, 1.82) is 0 Å². The zero-order chi connectivity index (χ0) is 11.1. The fraction of sp³-hybridized carbons (Fsp3) is 0.364. The first-order chi connectivity index (χ1) is 7.27. The van der Waals surface area contributed by atoms with Crippen LogP contribution in [0.4, 0.5) is 0 Å². The van der Waals surface area contributed by atoms with E-state index in [0.717, 1.165) is 11.1 Å². The van der Waals surface area contributed by atoms with Crippen LogP contribution in [0.3, 0.4) is 0 Å². The number of benzene rings is 1. The van der Waals surface area contributed by atoms with Crippen LogP contribution in [0.5, 0.6) is 0 Å². The number of hydrazine groups is 1. The van der Waals surface area contributed by atoms with Crippen molar-refractivity contribution in [2.45, 2.75) is 20.0 Å². The van der Waals surface area contributed by atoms with Gasteiger partial charge in [-0.2, -0.15) is 0 Å². The molecule has 0 aliphatic rings. The van der Waals surface area contributed by atoms with Gasteiger partial charge < -0.3 is 4.74 Å². The second-order valence-corrected chi connectivity index (χ2v) is 3.15. The normalized spacial score (nSPS) is 10.0. The minimum atomic E-state index is -0.195. The zero-order valence-electron chi connectivity index (χ0n) is 8.82. The van der Waals surface area contributed by atoms with Crippen molar-refractivity contribution in [2.24, 2.45) is 5.84 Å². The van der Waals surface area contributed by atoms with Crippen molar-refractivity contribution in [2.75, 3.05) is 6.61 Å². The smallest absolute Gasteiger partial charge is 0.238 e. The van der Waals surface area contributed by atoms with E-state index in [2.05, 4.69) is 5.43 Å². The van der Waals surface area contributed by atoms with Crippen LogP contribution in [0.15, 0.2) is 24.3 Å². The molecule has 0 aromatic heterocycles. The molecule has 4 nitrogen and oxygen atoms in total. The molecule has 0 spiro atoms. The van der Waals surface area contributed by atoms with Crippen molar-refractivity contribution in [1.82, 2.24) is 5.43 Å². The molecule has 1 aromatic carbocycles. The SMILES string of the molecule is CCOCc1ccccc1CC(=O)NN. The van der Waals surface area contributed by atoms with Crippen LogP contribution in [0.1, 0.15) is 18.1 Å². The number of rotatable bonds is 5. The Labute approximate surface area is 89.4 Å². The van der Waals surface area contributed by atoms with Crippen LogP contribution in [0.2, 0.25) is 0 Å². The molecule has 1 amide bonds. The average molecular weight is 208 g/mol. The molecule has 0 fully saturated rings. The van der Waals surface area contributed by atoms with E-state index in [1.165, 1.54) is 0 Å². The van der Waals surface area contributed by atoms with E-state index < -0.39 is 0 Å². The molecule has 0 saturated carbocycles. The molecule has 0 bridgehead atoms. The number of hydrogen-bond donors (Lipinski definition) is 2. The molecule has 0 aliphatic carbocycles. The summed E-state index contributed by atoms with van der Waals surface area (Å²) >= 11 is 0. The van der Waals surface area contributed by atoms with Crippen molar-refractivity contribution in [3.05, 3.63) is 35.4 Å². The van der Waals surface area contributed by atoms with Gasteiger partial charge in [0.2, 0.25) is 5.91 Å². The Morgan fingerprint density at radius 1 is 1.40 bits per heavy atom. The lowest BCUT2D eigenvalue weighted by Crippen LogP contribution is -2.31. The summed E-state index contributed by atoms with van der Waals surface area (Å²) in [6.45, 7) is 3.14. The second-order valence-electron chi connectivity index (χ2n) is 3.15. The van der Waals surface area contributed by atoms with Gasteiger partial charge in [-0.1, -0.05) is 24.3 Å². The molecule has 82 valence electrons. The van der Waals surface area contributed by atoms with Gasteiger partial charge in [0.05, 0.1) is 13.0 Å². The fourth-order valence-electron chi connectivity index (χ4n) is 1.31. The van der Waals surface area contributed by atoms with Crippen LogP contribution in [0, 0.1) is 0 Å². The van der Waals surface area contributed by atoms with E-state index in [-0.39, 0.29) is 5.91 Å². The van der Waals surface area contributed by atoms with E-state index in [9.17, 15) is 4.79 Å². The molecule has 0 atom stereocenters. The third-order valence-corrected chi connectivity index (χ3v) is 2.09. The Bertz CT molecular complexity index is 326. The quantitative estimate of drug-likeness (QED) is 0.426. The first kappa shape index (κ1) is 11.7. The molecule has 1 rings (SSSR count). The van der Waals surface area contributed by atoms with Gasteiger partial charge >= 0.3 is 0 Å². The maximum Gasteiger partial charge on any atom is 0.238 e. The van der Waals surface area contributed by atoms with Crippen molar-refractivity contribution >= 4 is 5.91 Å². The van der Waals surface area contributed by atoms with E-state index in [1.807, 2.05) is 31.2 Å². The highest BCUT2D eigenvalue weighted by Crippen LogP contribution is 2.10. The molecule has 15 heavy (non-hydrogen) atoms. The predicted octanol–water partition coefficient (Wildman–Crippen LogP) is 0.756. The van der Waals surface area contributed by atoms with Gasteiger partial charge in [0, 0.05) is 6.61 Å². The highest BCUT2D eigenvalue weighted by Gasteiger charge is 2.05. The molecular weight excluding hydrogens is 192 g/mol. The maximum absolute atomic E-state index is 11.1. The Kier molecular flexibility index (Phi) is 4.80. The Morgan fingerprint density at radius 2 is 2.07 bits per heavy atom. The first-order valence-electron chi connectivity index (χ1n) is 4.92. The summed E-state index contributed by atoms with van der Waals surface area (Å²) in [6, 6.07) is 7.69. The lowest BCUT2D eigenvalue weighted by Gasteiger charge is -2.08. The monoisotopic (exact) mass is 208 g/mol. The van der Waals surface area contributed by atoms with Gasteiger partial charge in [-0.15, -0.1) is 0 Å². The lowest BCUT2D eigenvalue weighted by atomic mass is 10.1. The highest BCUT2D eigenvalue weighted by molar-refractivity contribution is 5.78. The number of carbonyl (C=O) groups is 1. The van der Waals surface area contributed by atoms with E-state index in [1.54, 1.807) is 0 Å². The van der Waals surface area contributed by atoms with E-state index in [0.29, 0.717) is 19.6 Å². The average Bonchev–Trinajstić information content (AvgIpc) is 2.28. The third kappa shape index (κ3) is 3.69. The standard InChI is InChI=1S/C11H16N2O2/c1-2-15-8-10-6-4-3-5-9(10)7-11(14)13-12/h3-6H,2,7-8,12H2,1H3,(H,13,14). The number of ether oxygens (including phenoxy) is 1. The van der Waals surface area contributed by atoms with Gasteiger partial charge in [-0.3, -0.25) is 10.2 Å². The Morgan fingerprint density at radius 3 is 2.67 bits per heavy atom. The van der Waals surface area contributed by atoms with Gasteiger partial charge in [-0.05, 0) is 18.1 Å². The molecule has 1 aromatic rings. The topological polar surface area (TPSA) is 64.3 Å². The van der Waals surface area contributed by atoms with E-state index >= 15 is 0 Å². The minimum Gasteiger partial charge on any atom is -0.377 e. The Balaban J connectivity index is 2.72. The van der Waals surface area contributed by atoms with Crippen LogP contribution in [-0.2, 0) is 22.6 Å². The molecule has 0 saturated heterocycles. The minimum absolute atomic E-state index is 0.195. The number of carbonyl (C=O) groups excluding carboxylic acids is 1.